The molecule has 0 aliphatic heterocycles. The average Bonchev–Trinajstić information content (AvgIpc) is 2.91. The fourth-order valence-electron chi connectivity index (χ4n) is 2.07. The van der Waals surface area contributed by atoms with Gasteiger partial charge in [0.05, 0.1) is 27.0 Å². The SMILES string of the molecule is Cc1c([N+](=O)[O-])cc([N+](=O)[O-])c2nc(C(F)(F)C(F)(F)C(F)(F)F)[nH]c12. The molecular weight excluding hydrogens is 385 g/mol. The van der Waals surface area contributed by atoms with Crippen LogP contribution in [-0.4, -0.2) is 31.9 Å². The van der Waals surface area contributed by atoms with Gasteiger partial charge in [0, 0.05) is 0 Å². The maximum atomic E-state index is 13.7. The number of hydrogen-bond donors (Lipinski definition) is 1. The Balaban J connectivity index is 2.84. The molecule has 0 spiro atoms. The molecule has 0 aliphatic rings. The molecule has 1 aromatic heterocycles. The van der Waals surface area contributed by atoms with Gasteiger partial charge in [-0.3, -0.25) is 20.2 Å². The van der Waals surface area contributed by atoms with E-state index in [0.717, 1.165) is 6.92 Å². The van der Waals surface area contributed by atoms with Crippen LogP contribution in [0.4, 0.5) is 42.1 Å². The molecule has 0 atom stereocenters. The normalized spacial score (nSPS) is 13.2. The monoisotopic (exact) mass is 390 g/mol. The fourth-order valence-corrected chi connectivity index (χ4v) is 2.07. The molecule has 142 valence electrons. The quantitative estimate of drug-likeness (QED) is 0.482. The number of nitrogens with zero attached hydrogens (tertiary/aromatic N) is 3. The molecule has 26 heavy (non-hydrogen) atoms. The zero-order valence-electron chi connectivity index (χ0n) is 12.2. The molecule has 15 heteroatoms. The van der Waals surface area contributed by atoms with Crippen LogP contribution in [0.5, 0.6) is 0 Å². The lowest BCUT2D eigenvalue weighted by atomic mass is 10.1. The van der Waals surface area contributed by atoms with Crippen LogP contribution < -0.4 is 0 Å². The first-order chi connectivity index (χ1) is 11.6. The summed E-state index contributed by atoms with van der Waals surface area (Å²) in [5.74, 6) is -14.7. The van der Waals surface area contributed by atoms with Crippen molar-refractivity contribution in [1.82, 2.24) is 9.97 Å². The van der Waals surface area contributed by atoms with Crippen LogP contribution in [0.15, 0.2) is 6.07 Å². The number of hydrogen-bond acceptors (Lipinski definition) is 5. The van der Waals surface area contributed by atoms with Gasteiger partial charge in [-0.2, -0.15) is 30.7 Å². The lowest BCUT2D eigenvalue weighted by Gasteiger charge is -2.26. The number of aryl methyl sites for hydroxylation is 1. The summed E-state index contributed by atoms with van der Waals surface area (Å²) in [5.41, 5.74) is -4.53. The number of aromatic nitrogens is 2. The molecule has 0 amide bonds. The second kappa shape index (κ2) is 5.50. The van der Waals surface area contributed by atoms with E-state index in [-0.39, 0.29) is 0 Å². The molecule has 1 aromatic carbocycles. The fraction of sp³-hybridized carbons (Fsp3) is 0.364. The summed E-state index contributed by atoms with van der Waals surface area (Å²) in [7, 11) is 0. The van der Waals surface area contributed by atoms with Crippen molar-refractivity contribution in [3.8, 4) is 0 Å². The van der Waals surface area contributed by atoms with Crippen molar-refractivity contribution in [2.75, 3.05) is 0 Å². The first-order valence-electron chi connectivity index (χ1n) is 6.27. The summed E-state index contributed by atoms with van der Waals surface area (Å²) in [6, 6.07) is 0.336. The minimum atomic E-state index is -6.65. The van der Waals surface area contributed by atoms with Gasteiger partial charge in [-0.05, 0) is 6.92 Å². The number of halogens is 7. The highest BCUT2D eigenvalue weighted by Gasteiger charge is 2.75. The minimum absolute atomic E-state index is 0.336. The van der Waals surface area contributed by atoms with Gasteiger partial charge in [-0.15, -0.1) is 0 Å². The Morgan fingerprint density at radius 1 is 1.00 bits per heavy atom. The molecule has 0 saturated heterocycles. The second-order valence-electron chi connectivity index (χ2n) is 5.01. The number of H-pyrrole nitrogens is 1. The van der Waals surface area contributed by atoms with E-state index in [1.165, 1.54) is 4.98 Å². The van der Waals surface area contributed by atoms with Crippen molar-refractivity contribution in [3.63, 3.8) is 0 Å². The summed E-state index contributed by atoms with van der Waals surface area (Å²) in [5, 5.41) is 21.8. The lowest BCUT2D eigenvalue weighted by Crippen LogP contribution is -2.50. The van der Waals surface area contributed by atoms with Crippen molar-refractivity contribution in [2.24, 2.45) is 0 Å². The Labute approximate surface area is 136 Å². The maximum absolute atomic E-state index is 13.7. The van der Waals surface area contributed by atoms with Gasteiger partial charge >= 0.3 is 23.7 Å². The number of rotatable bonds is 4. The van der Waals surface area contributed by atoms with Crippen LogP contribution in [0.2, 0.25) is 0 Å². The van der Waals surface area contributed by atoms with E-state index in [1.807, 2.05) is 0 Å². The molecule has 0 bridgehead atoms. The first kappa shape index (κ1) is 19.3. The Morgan fingerprint density at radius 3 is 1.92 bits per heavy atom. The smallest absolute Gasteiger partial charge is 0.336 e. The van der Waals surface area contributed by atoms with E-state index < -0.39 is 61.7 Å². The average molecular weight is 390 g/mol. The summed E-state index contributed by atoms with van der Waals surface area (Å²) >= 11 is 0. The molecular formula is C11H5F7N4O4. The third-order valence-electron chi connectivity index (χ3n) is 3.42. The molecule has 0 aliphatic carbocycles. The first-order valence-corrected chi connectivity index (χ1v) is 6.27. The molecule has 0 fully saturated rings. The van der Waals surface area contributed by atoms with Gasteiger partial charge in [-0.25, -0.2) is 4.98 Å². The topological polar surface area (TPSA) is 115 Å². The van der Waals surface area contributed by atoms with Crippen LogP contribution in [0.25, 0.3) is 11.0 Å². The van der Waals surface area contributed by atoms with Crippen molar-refractivity contribution < 1.29 is 40.6 Å². The largest absolute Gasteiger partial charge is 0.460 e. The van der Waals surface area contributed by atoms with Crippen molar-refractivity contribution in [2.45, 2.75) is 24.9 Å². The zero-order chi connectivity index (χ0) is 20.2. The van der Waals surface area contributed by atoms with Crippen molar-refractivity contribution in [3.05, 3.63) is 37.7 Å². The molecule has 2 aromatic rings. The Bertz CT molecular complexity index is 921. The Kier molecular flexibility index (Phi) is 4.09. The number of fused-ring (bicyclic) bond motifs is 1. The van der Waals surface area contributed by atoms with Crippen LogP contribution in [0, 0.1) is 27.2 Å². The number of aromatic amines is 1. The van der Waals surface area contributed by atoms with Crippen LogP contribution in [-0.2, 0) is 5.92 Å². The van der Waals surface area contributed by atoms with E-state index in [1.54, 1.807) is 0 Å². The predicted octanol–water partition coefficient (Wildman–Crippen LogP) is 3.98. The van der Waals surface area contributed by atoms with Gasteiger partial charge in [0.2, 0.25) is 0 Å². The molecule has 8 nitrogen and oxygen atoms in total. The highest BCUT2D eigenvalue weighted by molar-refractivity contribution is 5.90. The molecule has 1 heterocycles. The highest BCUT2D eigenvalue weighted by Crippen LogP contribution is 2.51. The van der Waals surface area contributed by atoms with Gasteiger partial charge < -0.3 is 4.98 Å². The molecule has 1 N–H and O–H groups in total. The molecule has 0 unspecified atom stereocenters. The third-order valence-corrected chi connectivity index (χ3v) is 3.42. The number of non-ortho nitro benzene ring substituents is 1. The van der Waals surface area contributed by atoms with Crippen molar-refractivity contribution in [1.29, 1.82) is 0 Å². The minimum Gasteiger partial charge on any atom is -0.336 e. The van der Waals surface area contributed by atoms with Gasteiger partial charge in [0.1, 0.15) is 0 Å². The van der Waals surface area contributed by atoms with E-state index in [0.29, 0.717) is 6.07 Å². The number of alkyl halides is 7. The molecule has 0 radical (unpaired) electrons. The number of imidazole rings is 1. The predicted molar refractivity (Wildman–Crippen MR) is 69.0 cm³/mol. The van der Waals surface area contributed by atoms with Gasteiger partial charge in [0.25, 0.3) is 5.69 Å². The molecule has 0 saturated carbocycles. The standard InChI is InChI=1S/C11H5F7N4O4/c1-3-4(21(23)24)2-5(22(25)26)7-6(3)19-8(20-7)9(12,13)10(14,15)11(16,17)18/h2H,1H3,(H,19,20). The zero-order valence-corrected chi connectivity index (χ0v) is 12.2. The van der Waals surface area contributed by atoms with Crippen LogP contribution in [0.1, 0.15) is 11.4 Å². The van der Waals surface area contributed by atoms with Gasteiger partial charge in [0.15, 0.2) is 11.3 Å². The number of benzene rings is 1. The summed E-state index contributed by atoms with van der Waals surface area (Å²) in [6.07, 6.45) is -6.65. The van der Waals surface area contributed by atoms with E-state index >= 15 is 0 Å². The number of nitrogens with one attached hydrogen (secondary N) is 1. The van der Waals surface area contributed by atoms with Crippen LogP contribution in [0.3, 0.4) is 0 Å². The lowest BCUT2D eigenvalue weighted by molar-refractivity contribution is -0.393. The Morgan fingerprint density at radius 2 is 1.50 bits per heavy atom. The Hall–Kier alpha value is -3.00. The third kappa shape index (κ3) is 2.59. The van der Waals surface area contributed by atoms with E-state index in [9.17, 15) is 51.0 Å². The second-order valence-corrected chi connectivity index (χ2v) is 5.01. The summed E-state index contributed by atoms with van der Waals surface area (Å²) in [6.45, 7) is 0.923. The summed E-state index contributed by atoms with van der Waals surface area (Å²) in [4.78, 5) is 23.6. The van der Waals surface area contributed by atoms with Gasteiger partial charge in [-0.1, -0.05) is 0 Å². The highest BCUT2D eigenvalue weighted by atomic mass is 19.4. The maximum Gasteiger partial charge on any atom is 0.460 e. The van der Waals surface area contributed by atoms with E-state index in [2.05, 4.69) is 4.98 Å². The van der Waals surface area contributed by atoms with Crippen molar-refractivity contribution >= 4 is 22.4 Å². The number of nitro benzene ring substituents is 2. The van der Waals surface area contributed by atoms with Crippen LogP contribution >= 0.6 is 0 Å². The molecule has 2 rings (SSSR count). The summed E-state index contributed by atoms with van der Waals surface area (Å²) < 4.78 is 90.4. The van der Waals surface area contributed by atoms with E-state index in [4.69, 9.17) is 0 Å². The number of nitro groups is 2.